The Balaban J connectivity index is 2.38. The number of hydrogen-bond donors (Lipinski definition) is 1. The van der Waals surface area contributed by atoms with E-state index in [-0.39, 0.29) is 12.3 Å². The second-order valence-electron chi connectivity index (χ2n) is 5.42. The molecule has 0 aromatic heterocycles. The van der Waals surface area contributed by atoms with Crippen LogP contribution in [0.25, 0.3) is 0 Å². The first-order valence-corrected chi connectivity index (χ1v) is 7.64. The molecular weight excluding hydrogens is 274 g/mol. The summed E-state index contributed by atoms with van der Waals surface area (Å²) in [4.78, 5) is 24.3. The van der Waals surface area contributed by atoms with Crippen molar-refractivity contribution < 1.29 is 14.3 Å². The van der Waals surface area contributed by atoms with E-state index in [0.29, 0.717) is 6.42 Å². The number of hydrogen-bond acceptors (Lipinski definition) is 4. The van der Waals surface area contributed by atoms with Crippen LogP contribution in [-0.2, 0) is 16.0 Å². The van der Waals surface area contributed by atoms with Gasteiger partial charge in [-0.2, -0.15) is 0 Å². The maximum absolute atomic E-state index is 11.8. The van der Waals surface area contributed by atoms with Gasteiger partial charge in [0.15, 0.2) is 5.78 Å². The fourth-order valence-electron chi connectivity index (χ4n) is 1.52. The van der Waals surface area contributed by atoms with Crippen LogP contribution in [0.15, 0.2) is 29.2 Å². The molecule has 1 aromatic rings. The summed E-state index contributed by atoms with van der Waals surface area (Å²) in [7, 11) is 0. The number of carbonyl (C=O) groups is 2. The first-order chi connectivity index (χ1) is 9.30. The minimum Gasteiger partial charge on any atom is -0.444 e. The average Bonchev–Trinajstić information content (AvgIpc) is 2.35. The summed E-state index contributed by atoms with van der Waals surface area (Å²) in [5.74, 6) is -0.0484. The molecule has 0 saturated heterocycles. The van der Waals surface area contributed by atoms with Crippen molar-refractivity contribution in [2.45, 2.75) is 37.7 Å². The molecule has 0 radical (unpaired) electrons. The average molecular weight is 295 g/mol. The third-order valence-corrected chi connectivity index (χ3v) is 3.13. The Labute approximate surface area is 124 Å². The quantitative estimate of drug-likeness (QED) is 0.848. The number of ketones is 1. The van der Waals surface area contributed by atoms with Crippen LogP contribution in [0.3, 0.4) is 0 Å². The van der Waals surface area contributed by atoms with E-state index in [1.54, 1.807) is 32.5 Å². The molecule has 1 amide bonds. The highest BCUT2D eigenvalue weighted by atomic mass is 32.2. The molecule has 110 valence electrons. The lowest BCUT2D eigenvalue weighted by molar-refractivity contribution is -0.117. The molecule has 0 fully saturated rings. The number of benzene rings is 1. The molecule has 1 aromatic carbocycles. The number of ether oxygens (including phenoxy) is 1. The molecule has 0 unspecified atom stereocenters. The zero-order valence-electron chi connectivity index (χ0n) is 12.4. The van der Waals surface area contributed by atoms with Gasteiger partial charge in [-0.05, 0) is 44.7 Å². The molecular formula is C15H21NO3S. The Morgan fingerprint density at radius 1 is 1.20 bits per heavy atom. The van der Waals surface area contributed by atoms with E-state index in [1.807, 2.05) is 30.5 Å². The smallest absolute Gasteiger partial charge is 0.408 e. The lowest BCUT2D eigenvalue weighted by Gasteiger charge is -2.19. The molecule has 20 heavy (non-hydrogen) atoms. The first kappa shape index (κ1) is 16.6. The van der Waals surface area contributed by atoms with Crippen LogP contribution >= 0.6 is 11.8 Å². The van der Waals surface area contributed by atoms with E-state index in [9.17, 15) is 9.59 Å². The highest BCUT2D eigenvalue weighted by Gasteiger charge is 2.16. The third kappa shape index (κ3) is 6.61. The van der Waals surface area contributed by atoms with E-state index < -0.39 is 11.7 Å². The van der Waals surface area contributed by atoms with Crippen molar-refractivity contribution in [1.82, 2.24) is 5.32 Å². The van der Waals surface area contributed by atoms with E-state index in [2.05, 4.69) is 5.32 Å². The molecule has 0 aliphatic heterocycles. The van der Waals surface area contributed by atoms with Gasteiger partial charge in [-0.3, -0.25) is 4.79 Å². The third-order valence-electron chi connectivity index (χ3n) is 2.39. The van der Waals surface area contributed by atoms with Crippen LogP contribution in [0.5, 0.6) is 0 Å². The standard InChI is InChI=1S/C15H21NO3S/c1-15(2,3)19-14(18)16-10-12(17)9-11-5-7-13(20-4)8-6-11/h5-8H,9-10H2,1-4H3,(H,16,18). The second kappa shape index (κ2) is 7.33. The number of thioether (sulfide) groups is 1. The monoisotopic (exact) mass is 295 g/mol. The summed E-state index contributed by atoms with van der Waals surface area (Å²) in [6.07, 6.45) is 1.75. The van der Waals surface area contributed by atoms with Crippen molar-refractivity contribution in [2.75, 3.05) is 12.8 Å². The van der Waals surface area contributed by atoms with E-state index in [4.69, 9.17) is 4.74 Å². The summed E-state index contributed by atoms with van der Waals surface area (Å²) < 4.78 is 5.06. The summed E-state index contributed by atoms with van der Waals surface area (Å²) in [6, 6.07) is 7.82. The summed E-state index contributed by atoms with van der Waals surface area (Å²) >= 11 is 1.66. The molecule has 1 N–H and O–H groups in total. The summed E-state index contributed by atoms with van der Waals surface area (Å²) in [6.45, 7) is 5.32. The van der Waals surface area contributed by atoms with Gasteiger partial charge >= 0.3 is 6.09 Å². The van der Waals surface area contributed by atoms with Crippen LogP contribution in [-0.4, -0.2) is 30.3 Å². The van der Waals surface area contributed by atoms with Gasteiger partial charge in [-0.1, -0.05) is 12.1 Å². The Kier molecular flexibility index (Phi) is 6.07. The molecule has 0 aliphatic rings. The van der Waals surface area contributed by atoms with E-state index in [0.717, 1.165) is 10.5 Å². The van der Waals surface area contributed by atoms with Crippen molar-refractivity contribution >= 4 is 23.6 Å². The maximum Gasteiger partial charge on any atom is 0.408 e. The molecule has 4 nitrogen and oxygen atoms in total. The van der Waals surface area contributed by atoms with Gasteiger partial charge in [0.1, 0.15) is 5.60 Å². The zero-order chi connectivity index (χ0) is 15.2. The van der Waals surface area contributed by atoms with Crippen molar-refractivity contribution in [3.05, 3.63) is 29.8 Å². The lowest BCUT2D eigenvalue weighted by atomic mass is 10.1. The van der Waals surface area contributed by atoms with Crippen LogP contribution < -0.4 is 5.32 Å². The first-order valence-electron chi connectivity index (χ1n) is 6.41. The van der Waals surface area contributed by atoms with Gasteiger partial charge in [0.25, 0.3) is 0 Å². The molecule has 5 heteroatoms. The highest BCUT2D eigenvalue weighted by Crippen LogP contribution is 2.15. The maximum atomic E-state index is 11.8. The normalized spacial score (nSPS) is 11.0. The van der Waals surface area contributed by atoms with Gasteiger partial charge in [0, 0.05) is 11.3 Å². The molecule has 0 spiro atoms. The van der Waals surface area contributed by atoms with E-state index in [1.165, 1.54) is 0 Å². The number of Topliss-reactive ketones (excluding diaryl/α,β-unsaturated/α-hetero) is 1. The van der Waals surface area contributed by atoms with Gasteiger partial charge in [0.2, 0.25) is 0 Å². The highest BCUT2D eigenvalue weighted by molar-refractivity contribution is 7.98. The number of carbonyl (C=O) groups excluding carboxylic acids is 2. The van der Waals surface area contributed by atoms with Crippen LogP contribution in [0.4, 0.5) is 4.79 Å². The number of nitrogens with one attached hydrogen (secondary N) is 1. The molecule has 0 heterocycles. The molecule has 0 saturated carbocycles. The van der Waals surface area contributed by atoms with Crippen molar-refractivity contribution in [3.8, 4) is 0 Å². The van der Waals surface area contributed by atoms with Crippen molar-refractivity contribution in [3.63, 3.8) is 0 Å². The molecule has 0 aliphatic carbocycles. The molecule has 1 rings (SSSR count). The predicted octanol–water partition coefficient (Wildman–Crippen LogP) is 3.04. The molecule has 0 atom stereocenters. The Hall–Kier alpha value is -1.49. The SMILES string of the molecule is CSc1ccc(CC(=O)CNC(=O)OC(C)(C)C)cc1. The van der Waals surface area contributed by atoms with Crippen LogP contribution in [0.2, 0.25) is 0 Å². The van der Waals surface area contributed by atoms with E-state index >= 15 is 0 Å². The van der Waals surface area contributed by atoms with Crippen molar-refractivity contribution in [2.24, 2.45) is 0 Å². The lowest BCUT2D eigenvalue weighted by Crippen LogP contribution is -2.35. The minimum absolute atomic E-state index is 0.0147. The minimum atomic E-state index is -0.566. The van der Waals surface area contributed by atoms with Crippen LogP contribution in [0.1, 0.15) is 26.3 Å². The fraction of sp³-hybridized carbons (Fsp3) is 0.467. The second-order valence-corrected chi connectivity index (χ2v) is 6.30. The van der Waals surface area contributed by atoms with Crippen LogP contribution in [0, 0.1) is 0 Å². The number of amides is 1. The molecule has 0 bridgehead atoms. The van der Waals surface area contributed by atoms with Gasteiger partial charge in [0.05, 0.1) is 6.54 Å². The Morgan fingerprint density at radius 2 is 1.80 bits per heavy atom. The predicted molar refractivity (Wildman–Crippen MR) is 81.2 cm³/mol. The number of rotatable bonds is 5. The Morgan fingerprint density at radius 3 is 2.30 bits per heavy atom. The van der Waals surface area contributed by atoms with Gasteiger partial charge in [-0.25, -0.2) is 4.79 Å². The summed E-state index contributed by atoms with van der Waals surface area (Å²) in [5.41, 5.74) is 0.389. The van der Waals surface area contributed by atoms with Gasteiger partial charge in [-0.15, -0.1) is 11.8 Å². The van der Waals surface area contributed by atoms with Gasteiger partial charge < -0.3 is 10.1 Å². The fourth-order valence-corrected chi connectivity index (χ4v) is 1.93. The summed E-state index contributed by atoms with van der Waals surface area (Å²) in [5, 5.41) is 2.47. The van der Waals surface area contributed by atoms with Crippen molar-refractivity contribution in [1.29, 1.82) is 0 Å². The zero-order valence-corrected chi connectivity index (χ0v) is 13.2. The largest absolute Gasteiger partial charge is 0.444 e. The number of alkyl carbamates (subject to hydrolysis) is 1. The Bertz CT molecular complexity index is 463. The topological polar surface area (TPSA) is 55.4 Å².